The second-order valence-corrected chi connectivity index (χ2v) is 6.06. The molecule has 1 amide bonds. The SMILES string of the molecule is O=C(Cc1cccc2cccnc12)N1CCCCC1c1ncon1. The standard InChI is InChI=1S/C18H18N4O2/c23-16(11-14-6-3-5-13-7-4-9-19-17(13)14)22-10-2-1-8-15(22)18-20-12-24-21-18/h3-7,9,12,15H,1-2,8,10-11H2. The smallest absolute Gasteiger partial charge is 0.227 e. The molecule has 3 heterocycles. The molecule has 3 aromatic rings. The van der Waals surface area contributed by atoms with Crippen LogP contribution in [0.2, 0.25) is 0 Å². The number of piperidine rings is 1. The number of pyridine rings is 1. The first kappa shape index (κ1) is 14.8. The van der Waals surface area contributed by atoms with Gasteiger partial charge in [-0.3, -0.25) is 9.78 Å². The van der Waals surface area contributed by atoms with Crippen molar-refractivity contribution in [3.63, 3.8) is 0 Å². The quantitative estimate of drug-likeness (QED) is 0.741. The number of aromatic nitrogens is 3. The lowest BCUT2D eigenvalue weighted by Crippen LogP contribution is -2.39. The van der Waals surface area contributed by atoms with Crippen molar-refractivity contribution >= 4 is 16.8 Å². The molecule has 0 saturated carbocycles. The number of amides is 1. The van der Waals surface area contributed by atoms with Gasteiger partial charge >= 0.3 is 0 Å². The highest BCUT2D eigenvalue weighted by molar-refractivity contribution is 5.87. The van der Waals surface area contributed by atoms with Crippen molar-refractivity contribution in [2.45, 2.75) is 31.7 Å². The Morgan fingerprint density at radius 1 is 1.21 bits per heavy atom. The number of benzene rings is 1. The van der Waals surface area contributed by atoms with Crippen molar-refractivity contribution < 1.29 is 9.32 Å². The zero-order chi connectivity index (χ0) is 16.4. The highest BCUT2D eigenvalue weighted by Gasteiger charge is 2.30. The van der Waals surface area contributed by atoms with Gasteiger partial charge in [0.2, 0.25) is 12.3 Å². The van der Waals surface area contributed by atoms with E-state index < -0.39 is 0 Å². The van der Waals surface area contributed by atoms with Crippen molar-refractivity contribution in [1.82, 2.24) is 20.0 Å². The lowest BCUT2D eigenvalue weighted by molar-refractivity contribution is -0.134. The van der Waals surface area contributed by atoms with E-state index >= 15 is 0 Å². The molecule has 2 aromatic heterocycles. The molecule has 24 heavy (non-hydrogen) atoms. The Balaban J connectivity index is 1.60. The highest BCUT2D eigenvalue weighted by Crippen LogP contribution is 2.29. The third-order valence-corrected chi connectivity index (χ3v) is 4.56. The third kappa shape index (κ3) is 2.75. The fraction of sp³-hybridized carbons (Fsp3) is 0.333. The number of fused-ring (bicyclic) bond motifs is 1. The molecule has 0 spiro atoms. The fourth-order valence-electron chi connectivity index (χ4n) is 3.40. The molecule has 1 atom stereocenters. The van der Waals surface area contributed by atoms with Crippen LogP contribution in [0.3, 0.4) is 0 Å². The molecule has 1 fully saturated rings. The van der Waals surface area contributed by atoms with Gasteiger partial charge in [-0.1, -0.05) is 29.4 Å². The van der Waals surface area contributed by atoms with Crippen molar-refractivity contribution in [3.8, 4) is 0 Å². The Morgan fingerprint density at radius 2 is 2.12 bits per heavy atom. The first-order valence-corrected chi connectivity index (χ1v) is 8.21. The summed E-state index contributed by atoms with van der Waals surface area (Å²) in [6.45, 7) is 0.732. The largest absolute Gasteiger partial charge is 0.343 e. The molecular formula is C18H18N4O2. The second kappa shape index (κ2) is 6.39. The van der Waals surface area contributed by atoms with Gasteiger partial charge in [-0.2, -0.15) is 4.98 Å². The number of carbonyl (C=O) groups is 1. The van der Waals surface area contributed by atoms with Gasteiger partial charge < -0.3 is 9.42 Å². The second-order valence-electron chi connectivity index (χ2n) is 6.06. The van der Waals surface area contributed by atoms with Crippen molar-refractivity contribution in [2.75, 3.05) is 6.54 Å². The van der Waals surface area contributed by atoms with Crippen molar-refractivity contribution in [3.05, 3.63) is 54.3 Å². The first-order chi connectivity index (χ1) is 11.8. The maximum atomic E-state index is 12.9. The van der Waals surface area contributed by atoms with Gasteiger partial charge in [-0.25, -0.2) is 0 Å². The summed E-state index contributed by atoms with van der Waals surface area (Å²) in [7, 11) is 0. The Morgan fingerprint density at radius 3 is 3.00 bits per heavy atom. The van der Waals surface area contributed by atoms with E-state index in [1.54, 1.807) is 6.20 Å². The summed E-state index contributed by atoms with van der Waals surface area (Å²) in [5, 5.41) is 4.99. The van der Waals surface area contributed by atoms with Crippen LogP contribution in [0.25, 0.3) is 10.9 Å². The minimum absolute atomic E-state index is 0.0858. The predicted molar refractivity (Wildman–Crippen MR) is 88.1 cm³/mol. The number of likely N-dealkylation sites (tertiary alicyclic amines) is 1. The summed E-state index contributed by atoms with van der Waals surface area (Å²) in [5.41, 5.74) is 1.84. The van der Waals surface area contributed by atoms with Crippen LogP contribution >= 0.6 is 0 Å². The average Bonchev–Trinajstić information content (AvgIpc) is 3.16. The van der Waals surface area contributed by atoms with E-state index in [0.717, 1.165) is 42.3 Å². The van der Waals surface area contributed by atoms with Crippen molar-refractivity contribution in [1.29, 1.82) is 0 Å². The summed E-state index contributed by atoms with van der Waals surface area (Å²) < 4.78 is 4.86. The molecule has 0 bridgehead atoms. The van der Waals surface area contributed by atoms with Crippen molar-refractivity contribution in [2.24, 2.45) is 0 Å². The van der Waals surface area contributed by atoms with E-state index in [1.165, 1.54) is 6.39 Å². The topological polar surface area (TPSA) is 72.1 Å². The third-order valence-electron chi connectivity index (χ3n) is 4.56. The van der Waals surface area contributed by atoms with Gasteiger partial charge in [0.25, 0.3) is 0 Å². The average molecular weight is 322 g/mol. The van der Waals surface area contributed by atoms with Crippen LogP contribution in [0.15, 0.2) is 47.4 Å². The zero-order valence-electron chi connectivity index (χ0n) is 13.3. The van der Waals surface area contributed by atoms with Crippen LogP contribution in [0.5, 0.6) is 0 Å². The van der Waals surface area contributed by atoms with Crippen LogP contribution in [0.1, 0.15) is 36.7 Å². The molecule has 122 valence electrons. The van der Waals surface area contributed by atoms with E-state index in [1.807, 2.05) is 35.2 Å². The first-order valence-electron chi connectivity index (χ1n) is 8.21. The van der Waals surface area contributed by atoms with E-state index in [0.29, 0.717) is 12.2 Å². The van der Waals surface area contributed by atoms with Gasteiger partial charge in [-0.15, -0.1) is 0 Å². The van der Waals surface area contributed by atoms with Crippen LogP contribution in [0, 0.1) is 0 Å². The van der Waals surface area contributed by atoms with Gasteiger partial charge in [-0.05, 0) is 30.9 Å². The molecule has 1 saturated heterocycles. The van der Waals surface area contributed by atoms with Crippen LogP contribution in [-0.2, 0) is 11.2 Å². The minimum atomic E-state index is -0.0899. The van der Waals surface area contributed by atoms with E-state index in [9.17, 15) is 4.79 Å². The molecule has 6 heteroatoms. The van der Waals surface area contributed by atoms with E-state index in [4.69, 9.17) is 4.52 Å². The highest BCUT2D eigenvalue weighted by atomic mass is 16.5. The van der Waals surface area contributed by atoms with Gasteiger partial charge in [0.05, 0.1) is 18.0 Å². The minimum Gasteiger partial charge on any atom is -0.343 e. The number of carbonyl (C=O) groups excluding carboxylic acids is 1. The molecule has 0 radical (unpaired) electrons. The molecule has 1 aromatic carbocycles. The predicted octanol–water partition coefficient (Wildman–Crippen LogP) is 2.91. The lowest BCUT2D eigenvalue weighted by Gasteiger charge is -2.34. The number of rotatable bonds is 3. The Labute approximate surface area is 139 Å². The molecule has 1 aliphatic heterocycles. The summed E-state index contributed by atoms with van der Waals surface area (Å²) in [6, 6.07) is 9.79. The molecule has 1 unspecified atom stereocenters. The maximum Gasteiger partial charge on any atom is 0.227 e. The Bertz CT molecular complexity index is 842. The molecule has 0 aliphatic carbocycles. The maximum absolute atomic E-state index is 12.9. The molecule has 0 N–H and O–H groups in total. The number of nitrogens with zero attached hydrogens (tertiary/aromatic N) is 4. The zero-order valence-corrected chi connectivity index (χ0v) is 13.3. The monoisotopic (exact) mass is 322 g/mol. The van der Waals surface area contributed by atoms with Gasteiger partial charge in [0.1, 0.15) is 0 Å². The van der Waals surface area contributed by atoms with E-state index in [2.05, 4.69) is 15.1 Å². The summed E-state index contributed by atoms with van der Waals surface area (Å²) >= 11 is 0. The summed E-state index contributed by atoms with van der Waals surface area (Å²) in [4.78, 5) is 23.4. The summed E-state index contributed by atoms with van der Waals surface area (Å²) in [5.74, 6) is 0.682. The van der Waals surface area contributed by atoms with Gasteiger partial charge in [0, 0.05) is 18.1 Å². The Hall–Kier alpha value is -2.76. The molecule has 4 rings (SSSR count). The van der Waals surface area contributed by atoms with Crippen LogP contribution < -0.4 is 0 Å². The number of hydrogen-bond acceptors (Lipinski definition) is 5. The number of hydrogen-bond donors (Lipinski definition) is 0. The Kier molecular flexibility index (Phi) is 3.94. The fourth-order valence-corrected chi connectivity index (χ4v) is 3.40. The summed E-state index contributed by atoms with van der Waals surface area (Å²) in [6.07, 6.45) is 6.37. The lowest BCUT2D eigenvalue weighted by atomic mass is 9.99. The molecular weight excluding hydrogens is 304 g/mol. The molecule has 1 aliphatic rings. The van der Waals surface area contributed by atoms with Crippen LogP contribution in [-0.4, -0.2) is 32.5 Å². The van der Waals surface area contributed by atoms with E-state index in [-0.39, 0.29) is 11.9 Å². The normalized spacial score (nSPS) is 18.0. The van der Waals surface area contributed by atoms with Crippen LogP contribution in [0.4, 0.5) is 0 Å². The number of para-hydroxylation sites is 1. The molecule has 6 nitrogen and oxygen atoms in total. The van der Waals surface area contributed by atoms with Gasteiger partial charge in [0.15, 0.2) is 5.82 Å².